The molecule has 1 aromatic carbocycles. The number of carbonyl (C=O) groups excluding carboxylic acids is 1. The standard InChI is InChI=1S/C17H18ClNO2/c1-11-3-6-13(9-16(11)20)17(2)10-15(19-21-17)12-4-7-14(18)8-5-12/h3-5,7-8,13H,6,9-10H2,1-2H3/t13-,17?/m1/s1. The summed E-state index contributed by atoms with van der Waals surface area (Å²) in [5, 5.41) is 4.96. The lowest BCUT2D eigenvalue weighted by molar-refractivity contribution is -0.121. The Labute approximate surface area is 129 Å². The van der Waals surface area contributed by atoms with Gasteiger partial charge in [-0.1, -0.05) is 35.0 Å². The molecule has 4 heteroatoms. The van der Waals surface area contributed by atoms with Crippen LogP contribution in [0.3, 0.4) is 0 Å². The van der Waals surface area contributed by atoms with E-state index in [1.54, 1.807) is 0 Å². The average Bonchev–Trinajstić information content (AvgIpc) is 2.86. The van der Waals surface area contributed by atoms with E-state index in [9.17, 15) is 4.79 Å². The Bertz CT molecular complexity index is 633. The van der Waals surface area contributed by atoms with Crippen LogP contribution in [0.15, 0.2) is 41.1 Å². The second kappa shape index (κ2) is 5.30. The van der Waals surface area contributed by atoms with Gasteiger partial charge in [-0.15, -0.1) is 0 Å². The minimum absolute atomic E-state index is 0.183. The van der Waals surface area contributed by atoms with Crippen LogP contribution in [0.5, 0.6) is 0 Å². The minimum atomic E-state index is -0.401. The first-order chi connectivity index (χ1) is 9.98. The van der Waals surface area contributed by atoms with Gasteiger partial charge in [0.15, 0.2) is 5.78 Å². The predicted octanol–water partition coefficient (Wildman–Crippen LogP) is 4.15. The molecule has 1 aliphatic heterocycles. The highest BCUT2D eigenvalue weighted by atomic mass is 35.5. The smallest absolute Gasteiger partial charge is 0.158 e. The summed E-state index contributed by atoms with van der Waals surface area (Å²) >= 11 is 5.91. The molecule has 0 fully saturated rings. The van der Waals surface area contributed by atoms with Crippen LogP contribution in [0, 0.1) is 5.92 Å². The van der Waals surface area contributed by atoms with E-state index in [1.807, 2.05) is 44.2 Å². The summed E-state index contributed by atoms with van der Waals surface area (Å²) in [6.45, 7) is 3.93. The molecule has 110 valence electrons. The number of halogens is 1. The van der Waals surface area contributed by atoms with Crippen molar-refractivity contribution in [2.24, 2.45) is 11.1 Å². The van der Waals surface area contributed by atoms with E-state index in [2.05, 4.69) is 5.16 Å². The molecule has 0 amide bonds. The van der Waals surface area contributed by atoms with Crippen molar-refractivity contribution in [2.45, 2.75) is 38.7 Å². The van der Waals surface area contributed by atoms with Gasteiger partial charge in [-0.05, 0) is 43.5 Å². The first-order valence-corrected chi connectivity index (χ1v) is 7.57. The summed E-state index contributed by atoms with van der Waals surface area (Å²) in [6, 6.07) is 7.61. The fraction of sp³-hybridized carbons (Fsp3) is 0.412. The van der Waals surface area contributed by atoms with Crippen molar-refractivity contribution in [3.05, 3.63) is 46.5 Å². The van der Waals surface area contributed by atoms with E-state index in [1.165, 1.54) is 0 Å². The molecular weight excluding hydrogens is 286 g/mol. The molecule has 3 nitrogen and oxygen atoms in total. The molecule has 1 aliphatic carbocycles. The maximum atomic E-state index is 11.9. The summed E-state index contributed by atoms with van der Waals surface area (Å²) in [5.41, 5.74) is 2.42. The molecule has 0 saturated carbocycles. The molecule has 0 spiro atoms. The second-order valence-corrected chi connectivity index (χ2v) is 6.51. The lowest BCUT2D eigenvalue weighted by Gasteiger charge is -2.32. The maximum absolute atomic E-state index is 11.9. The highest BCUT2D eigenvalue weighted by Crippen LogP contribution is 2.39. The van der Waals surface area contributed by atoms with Crippen LogP contribution in [0.4, 0.5) is 0 Å². The molecule has 0 bridgehead atoms. The number of rotatable bonds is 2. The summed E-state index contributed by atoms with van der Waals surface area (Å²) < 4.78 is 0. The van der Waals surface area contributed by atoms with Crippen molar-refractivity contribution < 1.29 is 9.63 Å². The molecule has 2 aliphatic rings. The first-order valence-electron chi connectivity index (χ1n) is 7.19. The third-order valence-corrected chi connectivity index (χ3v) is 4.76. The van der Waals surface area contributed by atoms with Gasteiger partial charge < -0.3 is 4.84 Å². The van der Waals surface area contributed by atoms with Gasteiger partial charge in [-0.3, -0.25) is 4.79 Å². The Balaban J connectivity index is 1.75. The summed E-state index contributed by atoms with van der Waals surface area (Å²) in [7, 11) is 0. The number of benzene rings is 1. The highest BCUT2D eigenvalue weighted by molar-refractivity contribution is 6.30. The molecular formula is C17H18ClNO2. The van der Waals surface area contributed by atoms with Crippen LogP contribution in [0.1, 0.15) is 38.7 Å². The van der Waals surface area contributed by atoms with Crippen LogP contribution >= 0.6 is 11.6 Å². The number of Topliss-reactive ketones (excluding diaryl/α,β-unsaturated/α-hetero) is 1. The Morgan fingerprint density at radius 2 is 2.05 bits per heavy atom. The lowest BCUT2D eigenvalue weighted by Crippen LogP contribution is -2.37. The monoisotopic (exact) mass is 303 g/mol. The number of oxime groups is 1. The Hall–Kier alpha value is -1.61. The molecule has 0 radical (unpaired) electrons. The molecule has 21 heavy (non-hydrogen) atoms. The Morgan fingerprint density at radius 1 is 1.33 bits per heavy atom. The van der Waals surface area contributed by atoms with E-state index in [0.29, 0.717) is 11.4 Å². The van der Waals surface area contributed by atoms with Crippen molar-refractivity contribution in [2.75, 3.05) is 0 Å². The van der Waals surface area contributed by atoms with E-state index >= 15 is 0 Å². The van der Waals surface area contributed by atoms with Gasteiger partial charge in [0, 0.05) is 23.8 Å². The fourth-order valence-corrected chi connectivity index (χ4v) is 3.06. The number of hydrogen-bond donors (Lipinski definition) is 0. The highest BCUT2D eigenvalue weighted by Gasteiger charge is 2.43. The molecule has 3 rings (SSSR count). The summed E-state index contributed by atoms with van der Waals surface area (Å²) in [5.74, 6) is 0.401. The van der Waals surface area contributed by atoms with Crippen molar-refractivity contribution in [1.29, 1.82) is 0 Å². The van der Waals surface area contributed by atoms with Crippen molar-refractivity contribution in [3.63, 3.8) is 0 Å². The quantitative estimate of drug-likeness (QED) is 0.823. The number of ketones is 1. The largest absolute Gasteiger partial charge is 0.389 e. The van der Waals surface area contributed by atoms with Crippen LogP contribution in [0.2, 0.25) is 5.02 Å². The molecule has 0 aromatic heterocycles. The van der Waals surface area contributed by atoms with Gasteiger partial charge in [0.1, 0.15) is 5.60 Å². The van der Waals surface area contributed by atoms with Crippen LogP contribution in [0.25, 0.3) is 0 Å². The first kappa shape index (κ1) is 14.3. The SMILES string of the molecule is CC1=CC[C@@H](C2(C)CC(c3ccc(Cl)cc3)=NO2)CC1=O. The number of nitrogens with zero attached hydrogens (tertiary/aromatic N) is 1. The van der Waals surface area contributed by atoms with E-state index in [0.717, 1.165) is 29.7 Å². The second-order valence-electron chi connectivity index (χ2n) is 6.07. The molecule has 0 N–H and O–H groups in total. The molecule has 1 aromatic rings. The normalized spacial score (nSPS) is 28.9. The third kappa shape index (κ3) is 2.75. The predicted molar refractivity (Wildman–Crippen MR) is 83.6 cm³/mol. The van der Waals surface area contributed by atoms with E-state index in [4.69, 9.17) is 16.4 Å². The van der Waals surface area contributed by atoms with Crippen molar-refractivity contribution in [3.8, 4) is 0 Å². The zero-order valence-corrected chi connectivity index (χ0v) is 13.0. The van der Waals surface area contributed by atoms with Crippen LogP contribution in [-0.2, 0) is 9.63 Å². The zero-order valence-electron chi connectivity index (χ0n) is 12.2. The number of allylic oxidation sites excluding steroid dienone is 2. The van der Waals surface area contributed by atoms with Gasteiger partial charge in [-0.25, -0.2) is 0 Å². The number of hydrogen-bond acceptors (Lipinski definition) is 3. The van der Waals surface area contributed by atoms with Gasteiger partial charge in [0.2, 0.25) is 0 Å². The Morgan fingerprint density at radius 3 is 2.71 bits per heavy atom. The molecule has 1 unspecified atom stereocenters. The van der Waals surface area contributed by atoms with E-state index < -0.39 is 5.60 Å². The third-order valence-electron chi connectivity index (χ3n) is 4.50. The topological polar surface area (TPSA) is 38.7 Å². The summed E-state index contributed by atoms with van der Waals surface area (Å²) in [4.78, 5) is 17.7. The van der Waals surface area contributed by atoms with Crippen LogP contribution in [-0.4, -0.2) is 17.1 Å². The zero-order chi connectivity index (χ0) is 15.0. The maximum Gasteiger partial charge on any atom is 0.158 e. The van der Waals surface area contributed by atoms with Gasteiger partial charge in [0.25, 0.3) is 0 Å². The molecule has 0 saturated heterocycles. The average molecular weight is 304 g/mol. The van der Waals surface area contributed by atoms with Crippen molar-refractivity contribution in [1.82, 2.24) is 0 Å². The van der Waals surface area contributed by atoms with Gasteiger partial charge in [-0.2, -0.15) is 0 Å². The molecule has 2 atom stereocenters. The summed E-state index contributed by atoms with van der Waals surface area (Å²) in [6.07, 6.45) is 4.16. The minimum Gasteiger partial charge on any atom is -0.389 e. The van der Waals surface area contributed by atoms with E-state index in [-0.39, 0.29) is 11.7 Å². The lowest BCUT2D eigenvalue weighted by atomic mass is 9.75. The van der Waals surface area contributed by atoms with Crippen molar-refractivity contribution >= 4 is 23.1 Å². The van der Waals surface area contributed by atoms with Crippen LogP contribution < -0.4 is 0 Å². The number of carbonyl (C=O) groups is 1. The van der Waals surface area contributed by atoms with Gasteiger partial charge >= 0.3 is 0 Å². The molecule has 1 heterocycles. The Kier molecular flexibility index (Phi) is 3.62. The fourth-order valence-electron chi connectivity index (χ4n) is 2.94. The van der Waals surface area contributed by atoms with Gasteiger partial charge in [0.05, 0.1) is 5.71 Å².